The average molecular weight is 289 g/mol. The van der Waals surface area contributed by atoms with E-state index in [0.29, 0.717) is 30.8 Å². The highest BCUT2D eigenvalue weighted by Gasteiger charge is 2.35. The van der Waals surface area contributed by atoms with Crippen LogP contribution >= 0.6 is 0 Å². The molecular formula is C13H27N3O2S. The predicted molar refractivity (Wildman–Crippen MR) is 77.0 cm³/mol. The molecule has 0 radical (unpaired) electrons. The molecule has 5 nitrogen and oxygen atoms in total. The van der Waals surface area contributed by atoms with E-state index in [0.717, 1.165) is 19.5 Å². The number of piperidine rings is 1. The first-order valence-corrected chi connectivity index (χ1v) is 8.68. The molecule has 0 unspecified atom stereocenters. The van der Waals surface area contributed by atoms with E-state index >= 15 is 0 Å². The van der Waals surface area contributed by atoms with E-state index in [2.05, 4.69) is 30.4 Å². The van der Waals surface area contributed by atoms with E-state index in [4.69, 9.17) is 0 Å². The van der Waals surface area contributed by atoms with Crippen LogP contribution in [-0.2, 0) is 10.2 Å². The van der Waals surface area contributed by atoms with Crippen LogP contribution in [0.1, 0.15) is 27.2 Å². The zero-order valence-corrected chi connectivity index (χ0v) is 13.3. The first kappa shape index (κ1) is 15.2. The van der Waals surface area contributed by atoms with E-state index in [1.807, 2.05) is 7.05 Å². The van der Waals surface area contributed by atoms with E-state index in [1.54, 1.807) is 4.31 Å². The second-order valence-electron chi connectivity index (χ2n) is 6.69. The Morgan fingerprint density at radius 3 is 2.05 bits per heavy atom. The SMILES string of the molecule is C[C@@H]1C[C@H](C)CN(S(=O)(=O)N[C@@H]2CN(C)C[C@@H]2C)C1. The van der Waals surface area contributed by atoms with Gasteiger partial charge >= 0.3 is 0 Å². The molecule has 2 saturated heterocycles. The Kier molecular flexibility index (Phi) is 4.55. The van der Waals surface area contributed by atoms with Crippen molar-refractivity contribution in [3.8, 4) is 0 Å². The highest BCUT2D eigenvalue weighted by molar-refractivity contribution is 7.87. The number of likely N-dealkylation sites (tertiary alicyclic amines) is 1. The van der Waals surface area contributed by atoms with Crippen LogP contribution in [0.15, 0.2) is 0 Å². The maximum Gasteiger partial charge on any atom is 0.279 e. The Morgan fingerprint density at radius 2 is 1.58 bits per heavy atom. The van der Waals surface area contributed by atoms with Crippen molar-refractivity contribution in [1.29, 1.82) is 0 Å². The van der Waals surface area contributed by atoms with Gasteiger partial charge < -0.3 is 4.90 Å². The average Bonchev–Trinajstić information content (AvgIpc) is 2.55. The molecule has 2 aliphatic heterocycles. The molecule has 19 heavy (non-hydrogen) atoms. The van der Waals surface area contributed by atoms with E-state index in [-0.39, 0.29) is 6.04 Å². The molecule has 2 aliphatic rings. The Balaban J connectivity index is 2.02. The van der Waals surface area contributed by atoms with Crippen molar-refractivity contribution in [2.75, 3.05) is 33.2 Å². The van der Waals surface area contributed by atoms with Gasteiger partial charge in [-0.25, -0.2) is 0 Å². The second-order valence-corrected chi connectivity index (χ2v) is 8.39. The van der Waals surface area contributed by atoms with Gasteiger partial charge in [-0.15, -0.1) is 0 Å². The Hall–Kier alpha value is -0.170. The summed E-state index contributed by atoms with van der Waals surface area (Å²) < 4.78 is 29.5. The molecule has 2 fully saturated rings. The van der Waals surface area contributed by atoms with Gasteiger partial charge in [0.1, 0.15) is 0 Å². The molecule has 0 amide bonds. The van der Waals surface area contributed by atoms with Crippen LogP contribution in [0, 0.1) is 17.8 Å². The smallest absolute Gasteiger partial charge is 0.279 e. The van der Waals surface area contributed by atoms with Crippen LogP contribution in [0.2, 0.25) is 0 Å². The lowest BCUT2D eigenvalue weighted by Crippen LogP contribution is -2.51. The summed E-state index contributed by atoms with van der Waals surface area (Å²) in [4.78, 5) is 2.18. The minimum absolute atomic E-state index is 0.0440. The van der Waals surface area contributed by atoms with Crippen molar-refractivity contribution in [3.05, 3.63) is 0 Å². The predicted octanol–water partition coefficient (Wildman–Crippen LogP) is 0.749. The van der Waals surface area contributed by atoms with Gasteiger partial charge in [-0.3, -0.25) is 0 Å². The van der Waals surface area contributed by atoms with Gasteiger partial charge in [0.15, 0.2) is 0 Å². The zero-order chi connectivity index (χ0) is 14.2. The highest BCUT2D eigenvalue weighted by Crippen LogP contribution is 2.24. The molecule has 0 spiro atoms. The van der Waals surface area contributed by atoms with Crippen molar-refractivity contribution in [3.63, 3.8) is 0 Å². The molecule has 112 valence electrons. The normalized spacial score (nSPS) is 38.7. The quantitative estimate of drug-likeness (QED) is 0.834. The molecule has 0 aromatic carbocycles. The van der Waals surface area contributed by atoms with Crippen molar-refractivity contribution in [2.24, 2.45) is 17.8 Å². The third-order valence-corrected chi connectivity index (χ3v) is 5.85. The summed E-state index contributed by atoms with van der Waals surface area (Å²) in [5.41, 5.74) is 0. The number of likely N-dealkylation sites (N-methyl/N-ethyl adjacent to an activating group) is 1. The van der Waals surface area contributed by atoms with Gasteiger partial charge in [0.25, 0.3) is 10.2 Å². The molecule has 2 heterocycles. The Bertz CT molecular complexity index is 402. The summed E-state index contributed by atoms with van der Waals surface area (Å²) in [6.45, 7) is 9.43. The molecule has 0 aromatic heterocycles. The standard InChI is InChI=1S/C13H27N3O2S/c1-10-5-11(2)7-16(6-10)19(17,18)14-13-9-15(4)8-12(13)3/h10-14H,5-9H2,1-4H3/t10-,11+,12-,13+/m0/s1. The maximum absolute atomic E-state index is 12.5. The molecule has 0 bridgehead atoms. The molecule has 2 rings (SSSR count). The lowest BCUT2D eigenvalue weighted by Gasteiger charge is -2.35. The number of nitrogens with one attached hydrogen (secondary N) is 1. The second kappa shape index (κ2) is 5.68. The molecule has 0 aliphatic carbocycles. The van der Waals surface area contributed by atoms with Crippen LogP contribution < -0.4 is 4.72 Å². The Morgan fingerprint density at radius 1 is 1.00 bits per heavy atom. The summed E-state index contributed by atoms with van der Waals surface area (Å²) >= 11 is 0. The molecular weight excluding hydrogens is 262 g/mol. The fourth-order valence-corrected chi connectivity index (χ4v) is 5.17. The van der Waals surface area contributed by atoms with Crippen LogP contribution in [0.3, 0.4) is 0 Å². The van der Waals surface area contributed by atoms with Crippen molar-refractivity contribution in [1.82, 2.24) is 13.9 Å². The van der Waals surface area contributed by atoms with Gasteiger partial charge in [0, 0.05) is 32.2 Å². The summed E-state index contributed by atoms with van der Waals surface area (Å²) in [7, 11) is -1.29. The van der Waals surface area contributed by atoms with E-state index in [9.17, 15) is 8.42 Å². The van der Waals surface area contributed by atoms with Gasteiger partial charge in [-0.1, -0.05) is 20.8 Å². The first-order valence-electron chi connectivity index (χ1n) is 7.24. The lowest BCUT2D eigenvalue weighted by molar-refractivity contribution is 0.219. The minimum Gasteiger partial charge on any atom is -0.304 e. The number of hydrogen-bond acceptors (Lipinski definition) is 3. The van der Waals surface area contributed by atoms with Crippen LogP contribution in [0.5, 0.6) is 0 Å². The number of rotatable bonds is 3. The van der Waals surface area contributed by atoms with Crippen molar-refractivity contribution in [2.45, 2.75) is 33.2 Å². The fourth-order valence-electron chi connectivity index (χ4n) is 3.43. The summed E-state index contributed by atoms with van der Waals surface area (Å²) in [6.07, 6.45) is 1.12. The summed E-state index contributed by atoms with van der Waals surface area (Å²) in [6, 6.07) is 0.0440. The van der Waals surface area contributed by atoms with Crippen molar-refractivity contribution < 1.29 is 8.42 Å². The summed E-state index contributed by atoms with van der Waals surface area (Å²) in [5.74, 6) is 1.27. The monoisotopic (exact) mass is 289 g/mol. The molecule has 4 atom stereocenters. The molecule has 6 heteroatoms. The minimum atomic E-state index is -3.33. The fraction of sp³-hybridized carbons (Fsp3) is 1.00. The summed E-state index contributed by atoms with van der Waals surface area (Å²) in [5, 5.41) is 0. The third kappa shape index (κ3) is 3.68. The topological polar surface area (TPSA) is 52.7 Å². The number of nitrogens with zero attached hydrogens (tertiary/aromatic N) is 2. The first-order chi connectivity index (χ1) is 8.78. The third-order valence-electron chi connectivity index (χ3n) is 4.27. The van der Waals surface area contributed by atoms with E-state index < -0.39 is 10.2 Å². The largest absolute Gasteiger partial charge is 0.304 e. The van der Waals surface area contributed by atoms with Crippen molar-refractivity contribution >= 4 is 10.2 Å². The zero-order valence-electron chi connectivity index (χ0n) is 12.5. The Labute approximate surface area is 117 Å². The maximum atomic E-state index is 12.5. The molecule has 0 saturated carbocycles. The van der Waals surface area contributed by atoms with E-state index in [1.165, 1.54) is 0 Å². The van der Waals surface area contributed by atoms with Gasteiger partial charge in [-0.05, 0) is 31.2 Å². The molecule has 0 aromatic rings. The molecule has 1 N–H and O–H groups in total. The van der Waals surface area contributed by atoms with Gasteiger partial charge in [-0.2, -0.15) is 17.4 Å². The van der Waals surface area contributed by atoms with Gasteiger partial charge in [0.05, 0.1) is 0 Å². The highest BCUT2D eigenvalue weighted by atomic mass is 32.2. The van der Waals surface area contributed by atoms with Crippen LogP contribution in [0.25, 0.3) is 0 Å². The lowest BCUT2D eigenvalue weighted by atomic mass is 9.94. The number of hydrogen-bond donors (Lipinski definition) is 1. The van der Waals surface area contributed by atoms with Crippen LogP contribution in [-0.4, -0.2) is 56.9 Å². The van der Waals surface area contributed by atoms with Gasteiger partial charge in [0.2, 0.25) is 0 Å². The van der Waals surface area contributed by atoms with Crippen LogP contribution in [0.4, 0.5) is 0 Å².